The number of halogens is 1. The Balaban J connectivity index is 1.83. The number of hydrogen-bond acceptors (Lipinski definition) is 4. The Bertz CT molecular complexity index is 596. The van der Waals surface area contributed by atoms with E-state index in [0.29, 0.717) is 11.1 Å². The lowest BCUT2D eigenvalue weighted by atomic mass is 10.3. The summed E-state index contributed by atoms with van der Waals surface area (Å²) in [5.74, 6) is 2.36. The monoisotopic (exact) mass is 274 g/mol. The van der Waals surface area contributed by atoms with E-state index < -0.39 is 0 Å². The molecule has 0 atom stereocenters. The van der Waals surface area contributed by atoms with Gasteiger partial charge in [-0.05, 0) is 31.9 Å². The highest BCUT2D eigenvalue weighted by molar-refractivity contribution is 6.33. The minimum atomic E-state index is 0.572. The highest BCUT2D eigenvalue weighted by Crippen LogP contribution is 2.27. The topological polar surface area (TPSA) is 49.8 Å². The molecule has 1 aliphatic rings. The Hall–Kier alpha value is -1.81. The highest BCUT2D eigenvalue weighted by Gasteiger charge is 2.21. The second kappa shape index (κ2) is 5.05. The Morgan fingerprint density at radius 3 is 2.63 bits per heavy atom. The smallest absolute Gasteiger partial charge is 0.136 e. The lowest BCUT2D eigenvalue weighted by Crippen LogP contribution is -2.06. The Labute approximate surface area is 117 Å². The molecule has 0 amide bonds. The third-order valence-electron chi connectivity index (χ3n) is 2.90. The average Bonchev–Trinajstić information content (AvgIpc) is 3.15. The largest absolute Gasteiger partial charge is 0.367 e. The SMILES string of the molecule is Cc1nc(Nc2ccccc2Cl)cc(NC2CC2)n1. The van der Waals surface area contributed by atoms with Gasteiger partial charge in [0.05, 0.1) is 10.7 Å². The van der Waals surface area contributed by atoms with E-state index in [0.717, 1.165) is 23.1 Å². The number of para-hydroxylation sites is 1. The third kappa shape index (κ3) is 3.15. The molecule has 2 N–H and O–H groups in total. The minimum Gasteiger partial charge on any atom is -0.367 e. The van der Waals surface area contributed by atoms with Crippen LogP contribution in [0.15, 0.2) is 30.3 Å². The molecule has 0 bridgehead atoms. The van der Waals surface area contributed by atoms with Crippen molar-refractivity contribution in [3.05, 3.63) is 41.2 Å². The van der Waals surface area contributed by atoms with Crippen molar-refractivity contribution in [2.24, 2.45) is 0 Å². The fraction of sp³-hybridized carbons (Fsp3) is 0.286. The van der Waals surface area contributed by atoms with Crippen molar-refractivity contribution in [2.75, 3.05) is 10.6 Å². The summed E-state index contributed by atoms with van der Waals surface area (Å²) in [6.45, 7) is 1.88. The second-order valence-corrected chi connectivity index (χ2v) is 5.12. The molecule has 0 aliphatic heterocycles. The zero-order chi connectivity index (χ0) is 13.2. The van der Waals surface area contributed by atoms with Crippen LogP contribution in [0.1, 0.15) is 18.7 Å². The van der Waals surface area contributed by atoms with Crippen molar-refractivity contribution in [1.82, 2.24) is 9.97 Å². The van der Waals surface area contributed by atoms with E-state index in [2.05, 4.69) is 20.6 Å². The summed E-state index contributed by atoms with van der Waals surface area (Å²) >= 11 is 6.13. The molecule has 5 heteroatoms. The van der Waals surface area contributed by atoms with Gasteiger partial charge in [0.2, 0.25) is 0 Å². The molecule has 1 aromatic carbocycles. The number of benzene rings is 1. The summed E-state index contributed by atoms with van der Waals surface area (Å²) in [5.41, 5.74) is 0.847. The highest BCUT2D eigenvalue weighted by atomic mass is 35.5. The van der Waals surface area contributed by atoms with Gasteiger partial charge in [0.25, 0.3) is 0 Å². The summed E-state index contributed by atoms with van der Waals surface area (Å²) in [6.07, 6.45) is 2.44. The molecule has 0 radical (unpaired) electrons. The van der Waals surface area contributed by atoms with E-state index in [1.807, 2.05) is 37.3 Å². The van der Waals surface area contributed by atoms with Crippen molar-refractivity contribution in [2.45, 2.75) is 25.8 Å². The van der Waals surface area contributed by atoms with Crippen LogP contribution in [0, 0.1) is 6.92 Å². The average molecular weight is 275 g/mol. The lowest BCUT2D eigenvalue weighted by molar-refractivity contribution is 1.02. The normalized spacial score (nSPS) is 14.2. The van der Waals surface area contributed by atoms with Gasteiger partial charge in [0.1, 0.15) is 17.5 Å². The van der Waals surface area contributed by atoms with Crippen LogP contribution in [-0.4, -0.2) is 16.0 Å². The maximum absolute atomic E-state index is 6.13. The van der Waals surface area contributed by atoms with Crippen LogP contribution in [0.2, 0.25) is 5.02 Å². The molecule has 1 aliphatic carbocycles. The van der Waals surface area contributed by atoms with Gasteiger partial charge in [-0.25, -0.2) is 9.97 Å². The van der Waals surface area contributed by atoms with Crippen LogP contribution in [-0.2, 0) is 0 Å². The molecular weight excluding hydrogens is 260 g/mol. The number of hydrogen-bond donors (Lipinski definition) is 2. The van der Waals surface area contributed by atoms with E-state index >= 15 is 0 Å². The predicted molar refractivity (Wildman–Crippen MR) is 78.1 cm³/mol. The quantitative estimate of drug-likeness (QED) is 0.891. The predicted octanol–water partition coefficient (Wildman–Crippen LogP) is 3.76. The molecule has 1 heterocycles. The molecule has 0 saturated heterocycles. The number of nitrogens with one attached hydrogen (secondary N) is 2. The summed E-state index contributed by atoms with van der Waals surface area (Å²) in [4.78, 5) is 8.76. The molecule has 1 aromatic heterocycles. The van der Waals surface area contributed by atoms with Gasteiger partial charge in [-0.15, -0.1) is 0 Å². The first kappa shape index (κ1) is 12.2. The summed E-state index contributed by atoms with van der Waals surface area (Å²) in [6, 6.07) is 10.1. The fourth-order valence-corrected chi connectivity index (χ4v) is 2.03. The van der Waals surface area contributed by atoms with Gasteiger partial charge in [-0.3, -0.25) is 0 Å². The van der Waals surface area contributed by atoms with Crippen molar-refractivity contribution >= 4 is 28.9 Å². The zero-order valence-electron chi connectivity index (χ0n) is 10.7. The number of nitrogens with zero attached hydrogens (tertiary/aromatic N) is 2. The molecule has 1 saturated carbocycles. The van der Waals surface area contributed by atoms with Crippen LogP contribution in [0.3, 0.4) is 0 Å². The standard InChI is InChI=1S/C14H15ClN4/c1-9-16-13(18-10-6-7-10)8-14(17-9)19-12-5-3-2-4-11(12)15/h2-5,8,10H,6-7H2,1H3,(H2,16,17,18,19). The van der Waals surface area contributed by atoms with Crippen LogP contribution < -0.4 is 10.6 Å². The van der Waals surface area contributed by atoms with Crippen LogP contribution in [0.4, 0.5) is 17.3 Å². The molecule has 1 fully saturated rings. The van der Waals surface area contributed by atoms with Crippen molar-refractivity contribution in [1.29, 1.82) is 0 Å². The van der Waals surface area contributed by atoms with E-state index in [4.69, 9.17) is 11.6 Å². The summed E-state index contributed by atoms with van der Waals surface area (Å²) in [5, 5.41) is 7.27. The van der Waals surface area contributed by atoms with Gasteiger partial charge in [0, 0.05) is 12.1 Å². The second-order valence-electron chi connectivity index (χ2n) is 4.71. The van der Waals surface area contributed by atoms with E-state index in [1.165, 1.54) is 12.8 Å². The third-order valence-corrected chi connectivity index (χ3v) is 3.23. The van der Waals surface area contributed by atoms with Gasteiger partial charge >= 0.3 is 0 Å². The first-order valence-corrected chi connectivity index (χ1v) is 6.72. The first-order chi connectivity index (χ1) is 9.20. The van der Waals surface area contributed by atoms with E-state index in [-0.39, 0.29) is 0 Å². The van der Waals surface area contributed by atoms with Crippen LogP contribution in [0.25, 0.3) is 0 Å². The van der Waals surface area contributed by atoms with Crippen molar-refractivity contribution in [3.63, 3.8) is 0 Å². The maximum atomic E-state index is 6.13. The molecule has 4 nitrogen and oxygen atoms in total. The number of anilines is 3. The van der Waals surface area contributed by atoms with Crippen molar-refractivity contribution < 1.29 is 0 Å². The summed E-state index contributed by atoms with van der Waals surface area (Å²) < 4.78 is 0. The van der Waals surface area contributed by atoms with Crippen LogP contribution in [0.5, 0.6) is 0 Å². The van der Waals surface area contributed by atoms with Gasteiger partial charge in [-0.1, -0.05) is 23.7 Å². The Morgan fingerprint density at radius 1 is 1.16 bits per heavy atom. The van der Waals surface area contributed by atoms with E-state index in [1.54, 1.807) is 0 Å². The Kier molecular flexibility index (Phi) is 3.25. The summed E-state index contributed by atoms with van der Waals surface area (Å²) in [7, 11) is 0. The fourth-order valence-electron chi connectivity index (χ4n) is 1.84. The molecule has 0 spiro atoms. The number of aromatic nitrogens is 2. The van der Waals surface area contributed by atoms with Gasteiger partial charge < -0.3 is 10.6 Å². The number of rotatable bonds is 4. The molecule has 19 heavy (non-hydrogen) atoms. The lowest BCUT2D eigenvalue weighted by Gasteiger charge is -2.10. The van der Waals surface area contributed by atoms with Crippen molar-refractivity contribution in [3.8, 4) is 0 Å². The van der Waals surface area contributed by atoms with E-state index in [9.17, 15) is 0 Å². The van der Waals surface area contributed by atoms with Gasteiger partial charge in [0.15, 0.2) is 0 Å². The molecular formula is C14H15ClN4. The molecule has 2 aromatic rings. The minimum absolute atomic E-state index is 0.572. The molecule has 98 valence electrons. The molecule has 0 unspecified atom stereocenters. The Morgan fingerprint density at radius 2 is 1.89 bits per heavy atom. The number of aryl methyl sites for hydroxylation is 1. The zero-order valence-corrected chi connectivity index (χ0v) is 11.4. The maximum Gasteiger partial charge on any atom is 0.136 e. The first-order valence-electron chi connectivity index (χ1n) is 6.34. The molecule has 3 rings (SSSR count). The van der Waals surface area contributed by atoms with Gasteiger partial charge in [-0.2, -0.15) is 0 Å². The van der Waals surface area contributed by atoms with Crippen LogP contribution >= 0.6 is 11.6 Å².